The number of hydrogen-bond donors (Lipinski definition) is 1. The first-order chi connectivity index (χ1) is 14.7. The van der Waals surface area contributed by atoms with Crippen LogP contribution in [0, 0.1) is 5.82 Å². The van der Waals surface area contributed by atoms with E-state index in [0.29, 0.717) is 33.9 Å². The van der Waals surface area contributed by atoms with E-state index in [2.05, 4.69) is 5.32 Å². The highest BCUT2D eigenvalue weighted by Gasteiger charge is 2.20. The lowest BCUT2D eigenvalue weighted by Crippen LogP contribution is -2.26. The maximum absolute atomic E-state index is 13.3. The average molecular weight is 442 g/mol. The number of rotatable bonds is 5. The SMILES string of the molecule is CN(c1ccc(-c2ccc(F)cc2)cc1NC(=O)c1ccc2c(c1)OCO2)S(C)(=O)=O. The first-order valence-corrected chi connectivity index (χ1v) is 11.1. The summed E-state index contributed by atoms with van der Waals surface area (Å²) >= 11 is 0. The number of sulfonamides is 1. The molecule has 1 N–H and O–H groups in total. The molecule has 0 saturated heterocycles. The molecule has 0 aromatic heterocycles. The van der Waals surface area contributed by atoms with E-state index in [1.54, 1.807) is 48.5 Å². The molecule has 0 spiro atoms. The standard InChI is InChI=1S/C22H19FN2O5S/c1-25(31(2,27)28)19-9-5-15(14-3-7-17(23)8-4-14)11-18(19)24-22(26)16-6-10-20-21(12-16)30-13-29-20/h3-12H,13H2,1-2H3,(H,24,26). The summed E-state index contributed by atoms with van der Waals surface area (Å²) in [6, 6.07) is 15.6. The van der Waals surface area contributed by atoms with Gasteiger partial charge in [-0.15, -0.1) is 0 Å². The van der Waals surface area contributed by atoms with Gasteiger partial charge in [0.15, 0.2) is 11.5 Å². The van der Waals surface area contributed by atoms with Crippen LogP contribution in [0.4, 0.5) is 15.8 Å². The van der Waals surface area contributed by atoms with Crippen LogP contribution in [0.2, 0.25) is 0 Å². The summed E-state index contributed by atoms with van der Waals surface area (Å²) in [7, 11) is -2.17. The maximum Gasteiger partial charge on any atom is 0.255 e. The van der Waals surface area contributed by atoms with Crippen molar-refractivity contribution in [2.45, 2.75) is 0 Å². The fourth-order valence-electron chi connectivity index (χ4n) is 3.14. The Morgan fingerprint density at radius 3 is 2.35 bits per heavy atom. The zero-order valence-corrected chi connectivity index (χ0v) is 17.6. The Labute approximate surface area is 179 Å². The molecule has 1 aliphatic rings. The molecule has 7 nitrogen and oxygen atoms in total. The number of nitrogens with one attached hydrogen (secondary N) is 1. The topological polar surface area (TPSA) is 84.9 Å². The lowest BCUT2D eigenvalue weighted by Gasteiger charge is -2.21. The summed E-state index contributed by atoms with van der Waals surface area (Å²) in [5, 5.41) is 2.78. The summed E-state index contributed by atoms with van der Waals surface area (Å²) in [5.41, 5.74) is 2.31. The Morgan fingerprint density at radius 2 is 1.65 bits per heavy atom. The van der Waals surface area contributed by atoms with Crippen LogP contribution >= 0.6 is 0 Å². The van der Waals surface area contributed by atoms with E-state index in [4.69, 9.17) is 9.47 Å². The second-order valence-corrected chi connectivity index (χ2v) is 9.01. The molecule has 9 heteroatoms. The number of ether oxygens (including phenoxy) is 2. The third-order valence-electron chi connectivity index (χ3n) is 4.89. The smallest absolute Gasteiger partial charge is 0.255 e. The van der Waals surface area contributed by atoms with Crippen LogP contribution in [0.5, 0.6) is 11.5 Å². The molecule has 0 bridgehead atoms. The Hall–Kier alpha value is -3.59. The van der Waals surface area contributed by atoms with Crippen molar-refractivity contribution in [2.24, 2.45) is 0 Å². The van der Waals surface area contributed by atoms with Gasteiger partial charge in [-0.2, -0.15) is 0 Å². The molecule has 1 heterocycles. The summed E-state index contributed by atoms with van der Waals surface area (Å²) in [6.45, 7) is 0.0867. The van der Waals surface area contributed by atoms with E-state index in [-0.39, 0.29) is 18.3 Å². The Balaban J connectivity index is 1.72. The van der Waals surface area contributed by atoms with Gasteiger partial charge >= 0.3 is 0 Å². The van der Waals surface area contributed by atoms with Gasteiger partial charge in [0.25, 0.3) is 5.91 Å². The molecular weight excluding hydrogens is 423 g/mol. The van der Waals surface area contributed by atoms with Gasteiger partial charge in [-0.25, -0.2) is 12.8 Å². The van der Waals surface area contributed by atoms with Crippen LogP contribution in [-0.2, 0) is 10.0 Å². The first kappa shape index (κ1) is 20.7. The lowest BCUT2D eigenvalue weighted by atomic mass is 10.0. The molecule has 0 fully saturated rings. The zero-order valence-electron chi connectivity index (χ0n) is 16.8. The summed E-state index contributed by atoms with van der Waals surface area (Å²) < 4.78 is 49.1. The Bertz CT molecular complexity index is 1260. The Morgan fingerprint density at radius 1 is 0.968 bits per heavy atom. The molecule has 0 unspecified atom stereocenters. The van der Waals surface area contributed by atoms with Crippen molar-refractivity contribution < 1.29 is 27.1 Å². The molecule has 3 aromatic carbocycles. The largest absolute Gasteiger partial charge is 0.454 e. The number of nitrogens with zero attached hydrogens (tertiary/aromatic N) is 1. The number of benzene rings is 3. The van der Waals surface area contributed by atoms with E-state index >= 15 is 0 Å². The number of amides is 1. The molecule has 1 aliphatic heterocycles. The van der Waals surface area contributed by atoms with Crippen LogP contribution in [0.25, 0.3) is 11.1 Å². The number of fused-ring (bicyclic) bond motifs is 1. The lowest BCUT2D eigenvalue weighted by molar-refractivity contribution is 0.102. The van der Waals surface area contributed by atoms with Gasteiger partial charge < -0.3 is 14.8 Å². The van der Waals surface area contributed by atoms with Crippen LogP contribution in [0.3, 0.4) is 0 Å². The summed E-state index contributed by atoms with van der Waals surface area (Å²) in [5.74, 6) is 0.194. The van der Waals surface area contributed by atoms with E-state index in [1.807, 2.05) is 0 Å². The minimum atomic E-state index is -3.57. The molecular formula is C22H19FN2O5S. The first-order valence-electron chi connectivity index (χ1n) is 9.27. The third kappa shape index (κ3) is 4.31. The van der Waals surface area contributed by atoms with E-state index in [1.165, 1.54) is 19.2 Å². The monoisotopic (exact) mass is 442 g/mol. The second-order valence-electron chi connectivity index (χ2n) is 6.99. The van der Waals surface area contributed by atoms with Gasteiger partial charge in [-0.3, -0.25) is 9.10 Å². The summed E-state index contributed by atoms with van der Waals surface area (Å²) in [6.07, 6.45) is 1.07. The molecule has 4 rings (SSSR count). The number of carbonyl (C=O) groups excluding carboxylic acids is 1. The van der Waals surface area contributed by atoms with Gasteiger partial charge in [0, 0.05) is 12.6 Å². The van der Waals surface area contributed by atoms with Crippen molar-refractivity contribution in [3.63, 3.8) is 0 Å². The molecule has 31 heavy (non-hydrogen) atoms. The molecule has 0 saturated carbocycles. The molecule has 0 atom stereocenters. The predicted octanol–water partition coefficient (Wildman–Crippen LogP) is 3.87. The Kier molecular flexibility index (Phi) is 5.28. The summed E-state index contributed by atoms with van der Waals surface area (Å²) in [4.78, 5) is 12.9. The number of hydrogen-bond acceptors (Lipinski definition) is 5. The highest BCUT2D eigenvalue weighted by Crippen LogP contribution is 2.35. The molecule has 1 amide bonds. The third-order valence-corrected chi connectivity index (χ3v) is 6.09. The van der Waals surface area contributed by atoms with Crippen LogP contribution < -0.4 is 19.1 Å². The fourth-order valence-corrected chi connectivity index (χ4v) is 3.66. The van der Waals surface area contributed by atoms with E-state index in [0.717, 1.165) is 10.6 Å². The zero-order chi connectivity index (χ0) is 22.2. The van der Waals surface area contributed by atoms with Gasteiger partial charge in [-0.05, 0) is 53.6 Å². The minimum Gasteiger partial charge on any atom is -0.454 e. The fraction of sp³-hybridized carbons (Fsp3) is 0.136. The predicted molar refractivity (Wildman–Crippen MR) is 116 cm³/mol. The molecule has 0 aliphatic carbocycles. The van der Waals surface area contributed by atoms with Crippen molar-refractivity contribution >= 4 is 27.3 Å². The number of anilines is 2. The normalized spacial score (nSPS) is 12.5. The van der Waals surface area contributed by atoms with Crippen molar-refractivity contribution in [2.75, 3.05) is 29.7 Å². The van der Waals surface area contributed by atoms with Crippen molar-refractivity contribution in [1.82, 2.24) is 0 Å². The minimum absolute atomic E-state index is 0.0867. The van der Waals surface area contributed by atoms with Gasteiger partial charge in [0.05, 0.1) is 17.6 Å². The highest BCUT2D eigenvalue weighted by atomic mass is 32.2. The van der Waals surface area contributed by atoms with Gasteiger partial charge in [-0.1, -0.05) is 18.2 Å². The van der Waals surface area contributed by atoms with Crippen LogP contribution in [-0.4, -0.2) is 34.4 Å². The molecule has 160 valence electrons. The number of carbonyl (C=O) groups is 1. The van der Waals surface area contributed by atoms with Crippen molar-refractivity contribution in [3.05, 3.63) is 72.0 Å². The van der Waals surface area contributed by atoms with Gasteiger partial charge in [0.1, 0.15) is 5.82 Å². The second kappa shape index (κ2) is 7.92. The maximum atomic E-state index is 13.3. The molecule has 3 aromatic rings. The van der Waals surface area contributed by atoms with E-state index < -0.39 is 15.9 Å². The number of halogens is 1. The average Bonchev–Trinajstić information content (AvgIpc) is 3.21. The van der Waals surface area contributed by atoms with Crippen LogP contribution in [0.15, 0.2) is 60.7 Å². The highest BCUT2D eigenvalue weighted by molar-refractivity contribution is 7.92. The molecule has 0 radical (unpaired) electrons. The van der Waals surface area contributed by atoms with E-state index in [9.17, 15) is 17.6 Å². The van der Waals surface area contributed by atoms with Crippen molar-refractivity contribution in [3.8, 4) is 22.6 Å². The quantitative estimate of drug-likeness (QED) is 0.649. The van der Waals surface area contributed by atoms with Crippen LogP contribution in [0.1, 0.15) is 10.4 Å². The van der Waals surface area contributed by atoms with Crippen molar-refractivity contribution in [1.29, 1.82) is 0 Å². The van der Waals surface area contributed by atoms with Gasteiger partial charge in [0.2, 0.25) is 16.8 Å².